The first-order chi connectivity index (χ1) is 6.43. The summed E-state index contributed by atoms with van der Waals surface area (Å²) in [6, 6.07) is 0. The molecular weight excluding hydrogens is 172 g/mol. The van der Waals surface area contributed by atoms with Crippen LogP contribution >= 0.6 is 0 Å². The quantitative estimate of drug-likeness (QED) is 0.610. The van der Waals surface area contributed by atoms with Crippen LogP contribution in [0.15, 0.2) is 35.5 Å². The second kappa shape index (κ2) is 3.95. The molecule has 0 saturated carbocycles. The topological polar surface area (TPSA) is 17.1 Å². The van der Waals surface area contributed by atoms with E-state index in [0.29, 0.717) is 0 Å². The molecule has 0 spiro atoms. The third-order valence-electron chi connectivity index (χ3n) is 2.63. The predicted molar refractivity (Wildman–Crippen MR) is 60.1 cm³/mol. The number of carbonyl (C=O) groups is 1. The van der Waals surface area contributed by atoms with E-state index in [9.17, 15) is 4.79 Å². The molecule has 1 aliphatic carbocycles. The second-order valence-corrected chi connectivity index (χ2v) is 4.53. The van der Waals surface area contributed by atoms with Gasteiger partial charge < -0.3 is 0 Å². The number of ketones is 1. The minimum Gasteiger partial charge on any atom is -0.295 e. The highest BCUT2D eigenvalue weighted by Crippen LogP contribution is 2.37. The monoisotopic (exact) mass is 190 g/mol. The van der Waals surface area contributed by atoms with Crippen molar-refractivity contribution in [3.05, 3.63) is 35.5 Å². The lowest BCUT2D eigenvalue weighted by molar-refractivity contribution is -0.112. The lowest BCUT2D eigenvalue weighted by atomic mass is 9.75. The summed E-state index contributed by atoms with van der Waals surface area (Å²) in [6.07, 6.45) is 8.98. The molecule has 0 aromatic heterocycles. The molecule has 1 rings (SSSR count). The van der Waals surface area contributed by atoms with Crippen molar-refractivity contribution in [3.8, 4) is 0 Å². The minimum absolute atomic E-state index is 0.107. The van der Waals surface area contributed by atoms with E-state index in [1.807, 2.05) is 6.08 Å². The van der Waals surface area contributed by atoms with E-state index < -0.39 is 0 Å². The Kier molecular flexibility index (Phi) is 3.10. The molecule has 0 aliphatic heterocycles. The maximum absolute atomic E-state index is 10.9. The lowest BCUT2D eigenvalue weighted by Gasteiger charge is -2.29. The lowest BCUT2D eigenvalue weighted by Crippen LogP contribution is -2.16. The van der Waals surface area contributed by atoms with Gasteiger partial charge >= 0.3 is 0 Å². The fourth-order valence-electron chi connectivity index (χ4n) is 1.82. The smallest absolute Gasteiger partial charge is 0.152 e. The fraction of sp³-hybridized carbons (Fsp3) is 0.462. The van der Waals surface area contributed by atoms with Crippen molar-refractivity contribution in [2.45, 2.75) is 34.1 Å². The summed E-state index contributed by atoms with van der Waals surface area (Å²) in [6.45, 7) is 8.09. The van der Waals surface area contributed by atoms with Crippen LogP contribution in [0.1, 0.15) is 34.1 Å². The molecule has 0 aromatic carbocycles. The molecule has 1 aliphatic rings. The average molecular weight is 190 g/mol. The fourth-order valence-corrected chi connectivity index (χ4v) is 1.82. The predicted octanol–water partition coefficient (Wildman–Crippen LogP) is 3.43. The van der Waals surface area contributed by atoms with Gasteiger partial charge in [-0.2, -0.15) is 0 Å². The summed E-state index contributed by atoms with van der Waals surface area (Å²) in [5.74, 6) is 0.107. The highest BCUT2D eigenvalue weighted by atomic mass is 16.1. The van der Waals surface area contributed by atoms with E-state index in [-0.39, 0.29) is 11.2 Å². The average Bonchev–Trinajstić information content (AvgIpc) is 2.01. The van der Waals surface area contributed by atoms with Gasteiger partial charge in [-0.25, -0.2) is 0 Å². The van der Waals surface area contributed by atoms with Crippen LogP contribution in [0, 0.1) is 5.41 Å². The molecule has 0 fully saturated rings. The van der Waals surface area contributed by atoms with Crippen molar-refractivity contribution in [1.29, 1.82) is 0 Å². The van der Waals surface area contributed by atoms with Gasteiger partial charge in [0.25, 0.3) is 0 Å². The molecule has 0 heterocycles. The Hall–Kier alpha value is -1.11. The molecule has 0 bridgehead atoms. The van der Waals surface area contributed by atoms with Gasteiger partial charge in [-0.05, 0) is 42.9 Å². The van der Waals surface area contributed by atoms with Gasteiger partial charge in [0.15, 0.2) is 5.78 Å². The largest absolute Gasteiger partial charge is 0.295 e. The maximum atomic E-state index is 10.9. The van der Waals surface area contributed by atoms with Crippen LogP contribution in [-0.4, -0.2) is 5.78 Å². The molecular formula is C13H18O. The Morgan fingerprint density at radius 1 is 1.50 bits per heavy atom. The zero-order valence-corrected chi connectivity index (χ0v) is 9.42. The third kappa shape index (κ3) is 2.44. The molecule has 1 heteroatoms. The number of allylic oxidation sites excluding steroid dienone is 6. The van der Waals surface area contributed by atoms with Crippen molar-refractivity contribution in [3.63, 3.8) is 0 Å². The van der Waals surface area contributed by atoms with Gasteiger partial charge in [0.1, 0.15) is 0 Å². The molecule has 0 unspecified atom stereocenters. The number of hydrogen-bond donors (Lipinski definition) is 0. The summed E-state index contributed by atoms with van der Waals surface area (Å²) >= 11 is 0. The van der Waals surface area contributed by atoms with E-state index in [1.165, 1.54) is 11.1 Å². The van der Waals surface area contributed by atoms with Crippen LogP contribution < -0.4 is 0 Å². The Bertz CT molecular complexity index is 327. The summed E-state index contributed by atoms with van der Waals surface area (Å²) in [7, 11) is 0. The van der Waals surface area contributed by atoms with Crippen LogP contribution in [0.25, 0.3) is 0 Å². The van der Waals surface area contributed by atoms with Crippen LogP contribution in [0.5, 0.6) is 0 Å². The number of rotatable bonds is 2. The van der Waals surface area contributed by atoms with Gasteiger partial charge in [-0.3, -0.25) is 4.79 Å². The number of hydrogen-bond acceptors (Lipinski definition) is 1. The van der Waals surface area contributed by atoms with E-state index in [4.69, 9.17) is 0 Å². The van der Waals surface area contributed by atoms with E-state index in [0.717, 1.165) is 6.42 Å². The maximum Gasteiger partial charge on any atom is 0.152 e. The van der Waals surface area contributed by atoms with Crippen LogP contribution in [0.2, 0.25) is 0 Å². The molecule has 0 amide bonds. The van der Waals surface area contributed by atoms with Crippen molar-refractivity contribution in [1.82, 2.24) is 0 Å². The first kappa shape index (κ1) is 11.0. The first-order valence-corrected chi connectivity index (χ1v) is 5.00. The van der Waals surface area contributed by atoms with Gasteiger partial charge in [0.05, 0.1) is 0 Å². The second-order valence-electron chi connectivity index (χ2n) is 4.53. The van der Waals surface area contributed by atoms with Crippen LogP contribution in [-0.2, 0) is 4.79 Å². The van der Waals surface area contributed by atoms with E-state index in [1.54, 1.807) is 13.0 Å². The molecule has 0 radical (unpaired) electrons. The van der Waals surface area contributed by atoms with Crippen LogP contribution in [0.4, 0.5) is 0 Å². The zero-order chi connectivity index (χ0) is 10.8. The van der Waals surface area contributed by atoms with Crippen molar-refractivity contribution in [2.75, 3.05) is 0 Å². The summed E-state index contributed by atoms with van der Waals surface area (Å²) in [5.41, 5.74) is 2.69. The minimum atomic E-state index is 0.107. The Balaban J connectivity index is 3.02. The highest BCUT2D eigenvalue weighted by molar-refractivity contribution is 5.87. The van der Waals surface area contributed by atoms with Crippen molar-refractivity contribution < 1.29 is 4.79 Å². The Morgan fingerprint density at radius 2 is 2.14 bits per heavy atom. The molecule has 0 atom stereocenters. The van der Waals surface area contributed by atoms with Gasteiger partial charge in [-0.15, -0.1) is 0 Å². The molecule has 0 saturated heterocycles. The first-order valence-electron chi connectivity index (χ1n) is 5.00. The molecule has 0 N–H and O–H groups in total. The van der Waals surface area contributed by atoms with E-state index >= 15 is 0 Å². The van der Waals surface area contributed by atoms with Gasteiger partial charge in [0.2, 0.25) is 0 Å². The Morgan fingerprint density at radius 3 is 2.64 bits per heavy atom. The SMILES string of the molecule is CC(=O)/C=C\C1=C(C)C=CCC1(C)C. The third-order valence-corrected chi connectivity index (χ3v) is 2.63. The summed E-state index contributed by atoms with van der Waals surface area (Å²) in [4.78, 5) is 10.9. The van der Waals surface area contributed by atoms with Crippen molar-refractivity contribution in [2.24, 2.45) is 5.41 Å². The summed E-state index contributed by atoms with van der Waals surface area (Å²) in [5, 5.41) is 0. The van der Waals surface area contributed by atoms with Crippen LogP contribution in [0.3, 0.4) is 0 Å². The molecule has 76 valence electrons. The summed E-state index contributed by atoms with van der Waals surface area (Å²) < 4.78 is 0. The van der Waals surface area contributed by atoms with Gasteiger partial charge in [-0.1, -0.05) is 32.1 Å². The standard InChI is InChI=1S/C13H18O/c1-10-6-5-9-13(3,4)12(10)8-7-11(2)14/h5-8H,9H2,1-4H3/b8-7-. The highest BCUT2D eigenvalue weighted by Gasteiger charge is 2.23. The van der Waals surface area contributed by atoms with Gasteiger partial charge in [0, 0.05) is 0 Å². The van der Waals surface area contributed by atoms with E-state index in [2.05, 4.69) is 32.9 Å². The number of carbonyl (C=O) groups excluding carboxylic acids is 1. The van der Waals surface area contributed by atoms with Crippen molar-refractivity contribution >= 4 is 5.78 Å². The zero-order valence-electron chi connectivity index (χ0n) is 9.42. The normalized spacial score (nSPS) is 20.6. The molecule has 1 nitrogen and oxygen atoms in total. The molecule has 14 heavy (non-hydrogen) atoms. The Labute approximate surface area is 86.2 Å². The molecule has 0 aromatic rings.